The summed E-state index contributed by atoms with van der Waals surface area (Å²) in [4.78, 5) is 9.87. The Hall–Kier alpha value is -1.25. The van der Waals surface area contributed by atoms with Crippen molar-refractivity contribution in [1.82, 2.24) is 10.6 Å². The van der Waals surface area contributed by atoms with Gasteiger partial charge in [-0.2, -0.15) is 0 Å². The fourth-order valence-electron chi connectivity index (χ4n) is 0.791. The third kappa shape index (κ3) is 1.93. The van der Waals surface area contributed by atoms with Crippen LogP contribution in [0.3, 0.4) is 0 Å². The fourth-order valence-corrected chi connectivity index (χ4v) is 0.791. The van der Waals surface area contributed by atoms with Gasteiger partial charge in [0.1, 0.15) is 0 Å². The summed E-state index contributed by atoms with van der Waals surface area (Å²) < 4.78 is 0. The first-order valence-electron chi connectivity index (χ1n) is 3.20. The topological polar surface area (TPSA) is 41.1 Å². The van der Waals surface area contributed by atoms with Crippen LogP contribution < -0.4 is 10.6 Å². The van der Waals surface area contributed by atoms with Gasteiger partial charge in [-0.05, 0) is 12.3 Å². The Morgan fingerprint density at radius 2 is 2.50 bits per heavy atom. The number of dihydropyridines is 1. The van der Waals surface area contributed by atoms with Crippen molar-refractivity contribution in [3.63, 3.8) is 0 Å². The number of allylic oxidation sites excluding steroid dienone is 2. The lowest BCUT2D eigenvalue weighted by Gasteiger charge is -2.13. The van der Waals surface area contributed by atoms with Gasteiger partial charge in [0.05, 0.1) is 6.04 Å². The number of carbonyl (C=O) groups is 1. The Morgan fingerprint density at radius 3 is 3.10 bits per heavy atom. The highest BCUT2D eigenvalue weighted by Crippen LogP contribution is 1.91. The molecule has 3 nitrogen and oxygen atoms in total. The number of carbonyl (C=O) groups excluding carboxylic acids is 1. The second-order valence-electron chi connectivity index (χ2n) is 2.04. The summed E-state index contributed by atoms with van der Waals surface area (Å²) in [5.74, 6) is 0. The second-order valence-corrected chi connectivity index (χ2v) is 2.04. The van der Waals surface area contributed by atoms with E-state index in [2.05, 4.69) is 10.6 Å². The van der Waals surface area contributed by atoms with E-state index in [4.69, 9.17) is 0 Å². The van der Waals surface area contributed by atoms with E-state index >= 15 is 0 Å². The second kappa shape index (κ2) is 3.71. The molecule has 0 bridgehead atoms. The highest BCUT2D eigenvalue weighted by Gasteiger charge is 2.00. The van der Waals surface area contributed by atoms with Gasteiger partial charge in [-0.3, -0.25) is 4.79 Å². The molecule has 0 aliphatic carbocycles. The first-order valence-corrected chi connectivity index (χ1v) is 3.20. The van der Waals surface area contributed by atoms with E-state index in [0.717, 1.165) is 0 Å². The van der Waals surface area contributed by atoms with Gasteiger partial charge < -0.3 is 10.6 Å². The van der Waals surface area contributed by atoms with Crippen LogP contribution in [0.2, 0.25) is 0 Å². The Kier molecular flexibility index (Phi) is 2.55. The number of hydrogen-bond donors (Lipinski definition) is 2. The molecule has 1 aliphatic rings. The molecule has 1 aliphatic heterocycles. The van der Waals surface area contributed by atoms with Gasteiger partial charge in [-0.1, -0.05) is 12.2 Å². The Balaban J connectivity index is 2.23. The molecule has 0 aromatic heterocycles. The Labute approximate surface area is 59.8 Å². The summed E-state index contributed by atoms with van der Waals surface area (Å²) in [6.07, 6.45) is 8.42. The minimum Gasteiger partial charge on any atom is -0.383 e. The maximum Gasteiger partial charge on any atom is 0.207 e. The number of rotatable bonds is 3. The average Bonchev–Trinajstić information content (AvgIpc) is 2.03. The van der Waals surface area contributed by atoms with Crippen LogP contribution in [-0.2, 0) is 4.79 Å². The molecule has 10 heavy (non-hydrogen) atoms. The van der Waals surface area contributed by atoms with Crippen molar-refractivity contribution in [2.75, 3.05) is 6.54 Å². The van der Waals surface area contributed by atoms with Crippen molar-refractivity contribution >= 4 is 6.41 Å². The average molecular weight is 138 g/mol. The molecule has 0 spiro atoms. The van der Waals surface area contributed by atoms with E-state index < -0.39 is 0 Å². The van der Waals surface area contributed by atoms with Crippen LogP contribution in [0.25, 0.3) is 0 Å². The summed E-state index contributed by atoms with van der Waals surface area (Å²) >= 11 is 0. The third-order valence-corrected chi connectivity index (χ3v) is 1.28. The van der Waals surface area contributed by atoms with E-state index in [1.807, 2.05) is 24.4 Å². The van der Waals surface area contributed by atoms with Crippen LogP contribution in [0.5, 0.6) is 0 Å². The Bertz CT molecular complexity index is 163. The molecule has 0 saturated heterocycles. The van der Waals surface area contributed by atoms with Crippen molar-refractivity contribution in [2.24, 2.45) is 0 Å². The van der Waals surface area contributed by atoms with Gasteiger partial charge in [0.25, 0.3) is 0 Å². The van der Waals surface area contributed by atoms with Crippen LogP contribution in [0.4, 0.5) is 0 Å². The molecule has 1 amide bonds. The van der Waals surface area contributed by atoms with E-state index in [-0.39, 0.29) is 6.04 Å². The first kappa shape index (κ1) is 6.86. The maximum atomic E-state index is 9.87. The Morgan fingerprint density at radius 1 is 1.60 bits per heavy atom. The minimum atomic E-state index is 0.246. The molecule has 1 heterocycles. The SMILES string of the molecule is O=CNCC1C=CC=CN1. The van der Waals surface area contributed by atoms with Crippen LogP contribution in [-0.4, -0.2) is 19.0 Å². The minimum absolute atomic E-state index is 0.246. The lowest BCUT2D eigenvalue weighted by molar-refractivity contribution is -0.109. The van der Waals surface area contributed by atoms with Crippen LogP contribution >= 0.6 is 0 Å². The molecule has 0 saturated carbocycles. The molecule has 0 aromatic carbocycles. The summed E-state index contributed by atoms with van der Waals surface area (Å²) in [5, 5.41) is 5.65. The largest absolute Gasteiger partial charge is 0.383 e. The van der Waals surface area contributed by atoms with Crippen LogP contribution in [0.1, 0.15) is 0 Å². The molecule has 1 unspecified atom stereocenters. The highest BCUT2D eigenvalue weighted by molar-refractivity contribution is 5.46. The zero-order valence-corrected chi connectivity index (χ0v) is 5.58. The van der Waals surface area contributed by atoms with Crippen molar-refractivity contribution in [3.05, 3.63) is 24.4 Å². The molecule has 1 rings (SSSR count). The molecule has 0 radical (unpaired) electrons. The third-order valence-electron chi connectivity index (χ3n) is 1.28. The lowest BCUT2D eigenvalue weighted by Crippen LogP contribution is -2.34. The maximum absolute atomic E-state index is 9.87. The van der Waals surface area contributed by atoms with Crippen molar-refractivity contribution < 1.29 is 4.79 Å². The molecule has 0 aromatic rings. The zero-order valence-electron chi connectivity index (χ0n) is 5.58. The predicted octanol–water partition coefficient (Wildman–Crippen LogP) is -0.226. The standard InChI is InChI=1S/C7H10N2O/c10-6-8-5-7-3-1-2-4-9-7/h1-4,6-7,9H,5H2,(H,8,10). The highest BCUT2D eigenvalue weighted by atomic mass is 16.1. The van der Waals surface area contributed by atoms with Gasteiger partial charge >= 0.3 is 0 Å². The van der Waals surface area contributed by atoms with Crippen LogP contribution in [0, 0.1) is 0 Å². The molecule has 0 fully saturated rings. The van der Waals surface area contributed by atoms with Gasteiger partial charge in [0.2, 0.25) is 6.41 Å². The summed E-state index contributed by atoms with van der Waals surface area (Å²) in [6, 6.07) is 0.246. The van der Waals surface area contributed by atoms with Gasteiger partial charge in [0.15, 0.2) is 0 Å². The van der Waals surface area contributed by atoms with Gasteiger partial charge in [-0.15, -0.1) is 0 Å². The molecular formula is C7H10N2O. The normalized spacial score (nSPS) is 21.8. The number of nitrogens with one attached hydrogen (secondary N) is 2. The number of hydrogen-bond acceptors (Lipinski definition) is 2. The number of amides is 1. The van der Waals surface area contributed by atoms with E-state index in [1.165, 1.54) is 0 Å². The first-order chi connectivity index (χ1) is 4.93. The molecule has 3 heteroatoms. The van der Waals surface area contributed by atoms with Crippen molar-refractivity contribution in [1.29, 1.82) is 0 Å². The molecular weight excluding hydrogens is 128 g/mol. The summed E-state index contributed by atoms with van der Waals surface area (Å²) in [5.41, 5.74) is 0. The monoisotopic (exact) mass is 138 g/mol. The lowest BCUT2D eigenvalue weighted by atomic mass is 10.2. The van der Waals surface area contributed by atoms with E-state index in [1.54, 1.807) is 0 Å². The van der Waals surface area contributed by atoms with Crippen LogP contribution in [0.15, 0.2) is 24.4 Å². The molecule has 54 valence electrons. The van der Waals surface area contributed by atoms with Gasteiger partial charge in [-0.25, -0.2) is 0 Å². The molecule has 2 N–H and O–H groups in total. The van der Waals surface area contributed by atoms with E-state index in [0.29, 0.717) is 13.0 Å². The summed E-state index contributed by atoms with van der Waals surface area (Å²) in [6.45, 7) is 0.643. The molecule has 1 atom stereocenters. The quantitative estimate of drug-likeness (QED) is 0.529. The fraction of sp³-hybridized carbons (Fsp3) is 0.286. The van der Waals surface area contributed by atoms with Crippen molar-refractivity contribution in [2.45, 2.75) is 6.04 Å². The predicted molar refractivity (Wildman–Crippen MR) is 39.3 cm³/mol. The van der Waals surface area contributed by atoms with Gasteiger partial charge in [0, 0.05) is 6.54 Å². The summed E-state index contributed by atoms with van der Waals surface area (Å²) in [7, 11) is 0. The smallest absolute Gasteiger partial charge is 0.207 e. The zero-order chi connectivity index (χ0) is 7.23. The van der Waals surface area contributed by atoms with E-state index in [9.17, 15) is 4.79 Å². The van der Waals surface area contributed by atoms with Crippen molar-refractivity contribution in [3.8, 4) is 0 Å².